The third-order valence-electron chi connectivity index (χ3n) is 4.16. The van der Waals surface area contributed by atoms with Gasteiger partial charge in [-0.05, 0) is 58.6 Å². The number of hydrogen-bond donors (Lipinski definition) is 1. The molecule has 0 amide bonds. The second kappa shape index (κ2) is 7.66. The molecule has 1 aromatic carbocycles. The van der Waals surface area contributed by atoms with Gasteiger partial charge in [-0.2, -0.15) is 0 Å². The summed E-state index contributed by atoms with van der Waals surface area (Å²) in [5, 5.41) is 3.66. The molecule has 0 heterocycles. The molecule has 1 atom stereocenters. The molecule has 1 unspecified atom stereocenters. The van der Waals surface area contributed by atoms with Crippen LogP contribution in [0.5, 0.6) is 11.5 Å². The highest BCUT2D eigenvalue weighted by molar-refractivity contribution is 5.40. The minimum Gasteiger partial charge on any atom is -0.497 e. The Morgan fingerprint density at radius 1 is 1.10 bits per heavy atom. The van der Waals surface area contributed by atoms with Crippen LogP contribution in [-0.4, -0.2) is 45.3 Å². The first kappa shape index (κ1) is 17.8. The Morgan fingerprint density at radius 3 is 2.00 bits per heavy atom. The molecular weight excluding hydrogens is 264 g/mol. The number of nitrogens with one attached hydrogen (secondary N) is 1. The molecule has 0 fully saturated rings. The summed E-state index contributed by atoms with van der Waals surface area (Å²) in [5.41, 5.74) is 1.14. The number of nitrogens with zero attached hydrogens (tertiary/aromatic N) is 1. The summed E-state index contributed by atoms with van der Waals surface area (Å²) in [6, 6.07) is 6.27. The fourth-order valence-corrected chi connectivity index (χ4v) is 2.32. The third-order valence-corrected chi connectivity index (χ3v) is 4.16. The van der Waals surface area contributed by atoms with Crippen LogP contribution in [0, 0.1) is 0 Å². The summed E-state index contributed by atoms with van der Waals surface area (Å²) in [6.07, 6.45) is 1.10. The van der Waals surface area contributed by atoms with Crippen LogP contribution in [0.4, 0.5) is 0 Å². The van der Waals surface area contributed by atoms with Gasteiger partial charge in [-0.15, -0.1) is 0 Å². The Hall–Kier alpha value is -1.26. The standard InChI is InChI=1S/C17H30N2O2/c1-8-9-18-16(17(2,3)19(4)5)13-10-14(20-6)12-15(11-13)21-7/h10-12,16,18H,8-9H2,1-7H3. The van der Waals surface area contributed by atoms with E-state index in [1.54, 1.807) is 14.2 Å². The van der Waals surface area contributed by atoms with Crippen LogP contribution in [0.2, 0.25) is 0 Å². The first-order chi connectivity index (χ1) is 9.86. The van der Waals surface area contributed by atoms with Crippen LogP contribution >= 0.6 is 0 Å². The molecule has 1 N–H and O–H groups in total. The molecule has 0 saturated heterocycles. The van der Waals surface area contributed by atoms with Crippen molar-refractivity contribution in [3.05, 3.63) is 23.8 Å². The minimum atomic E-state index is -0.0352. The predicted molar refractivity (Wildman–Crippen MR) is 88.3 cm³/mol. The van der Waals surface area contributed by atoms with Gasteiger partial charge in [-0.1, -0.05) is 6.92 Å². The highest BCUT2D eigenvalue weighted by atomic mass is 16.5. The van der Waals surface area contributed by atoms with Crippen molar-refractivity contribution in [2.45, 2.75) is 38.8 Å². The lowest BCUT2D eigenvalue weighted by molar-refractivity contribution is 0.137. The monoisotopic (exact) mass is 294 g/mol. The highest BCUT2D eigenvalue weighted by Gasteiger charge is 2.33. The second-order valence-corrected chi connectivity index (χ2v) is 6.08. The maximum absolute atomic E-state index is 5.40. The van der Waals surface area contributed by atoms with Gasteiger partial charge in [0.25, 0.3) is 0 Å². The van der Waals surface area contributed by atoms with Gasteiger partial charge in [-0.3, -0.25) is 0 Å². The zero-order valence-electron chi connectivity index (χ0n) is 14.5. The molecule has 21 heavy (non-hydrogen) atoms. The maximum atomic E-state index is 5.40. The van der Waals surface area contributed by atoms with Crippen LogP contribution in [0.3, 0.4) is 0 Å². The molecule has 0 spiro atoms. The van der Waals surface area contributed by atoms with Gasteiger partial charge in [0.15, 0.2) is 0 Å². The lowest BCUT2D eigenvalue weighted by atomic mass is 9.87. The maximum Gasteiger partial charge on any atom is 0.122 e. The van der Waals surface area contributed by atoms with Gasteiger partial charge in [0, 0.05) is 11.6 Å². The number of ether oxygens (including phenoxy) is 2. The Morgan fingerprint density at radius 2 is 1.62 bits per heavy atom. The van der Waals surface area contributed by atoms with Gasteiger partial charge in [0.1, 0.15) is 11.5 Å². The van der Waals surface area contributed by atoms with E-state index in [0.29, 0.717) is 0 Å². The molecule has 0 radical (unpaired) electrons. The van der Waals surface area contributed by atoms with E-state index in [1.807, 2.05) is 6.07 Å². The van der Waals surface area contributed by atoms with E-state index < -0.39 is 0 Å². The van der Waals surface area contributed by atoms with E-state index >= 15 is 0 Å². The van der Waals surface area contributed by atoms with E-state index in [1.165, 1.54) is 5.56 Å². The first-order valence-corrected chi connectivity index (χ1v) is 7.50. The molecule has 0 aliphatic carbocycles. The lowest BCUT2D eigenvalue weighted by Crippen LogP contribution is -2.49. The first-order valence-electron chi connectivity index (χ1n) is 7.50. The molecule has 120 valence electrons. The second-order valence-electron chi connectivity index (χ2n) is 6.08. The number of benzene rings is 1. The van der Waals surface area contributed by atoms with E-state index in [2.05, 4.69) is 57.2 Å². The highest BCUT2D eigenvalue weighted by Crippen LogP contribution is 2.34. The summed E-state index contributed by atoms with van der Waals surface area (Å²) >= 11 is 0. The Kier molecular flexibility index (Phi) is 6.49. The molecule has 0 aromatic heterocycles. The smallest absolute Gasteiger partial charge is 0.122 e. The molecule has 1 rings (SSSR count). The number of methoxy groups -OCH3 is 2. The Labute approximate surface area is 129 Å². The predicted octanol–water partition coefficient (Wildman–Crippen LogP) is 3.08. The van der Waals surface area contributed by atoms with Crippen molar-refractivity contribution < 1.29 is 9.47 Å². The van der Waals surface area contributed by atoms with Gasteiger partial charge in [-0.25, -0.2) is 0 Å². The van der Waals surface area contributed by atoms with Crippen LogP contribution in [0.15, 0.2) is 18.2 Å². The molecule has 1 aromatic rings. The molecule has 4 heteroatoms. The topological polar surface area (TPSA) is 33.7 Å². The van der Waals surface area contributed by atoms with Crippen molar-refractivity contribution in [2.24, 2.45) is 0 Å². The van der Waals surface area contributed by atoms with Gasteiger partial charge in [0.2, 0.25) is 0 Å². The molecule has 0 aliphatic rings. The molecule has 0 aliphatic heterocycles. The van der Waals surface area contributed by atoms with Crippen molar-refractivity contribution in [1.29, 1.82) is 0 Å². The van der Waals surface area contributed by atoms with Crippen LogP contribution in [0.1, 0.15) is 38.8 Å². The fourth-order valence-electron chi connectivity index (χ4n) is 2.32. The Bertz CT molecular complexity index is 422. The molecule has 4 nitrogen and oxygen atoms in total. The quantitative estimate of drug-likeness (QED) is 0.799. The lowest BCUT2D eigenvalue weighted by Gasteiger charge is -2.41. The SMILES string of the molecule is CCCNC(c1cc(OC)cc(OC)c1)C(C)(C)N(C)C. The molecule has 0 bridgehead atoms. The summed E-state index contributed by atoms with van der Waals surface area (Å²) in [4.78, 5) is 2.24. The van der Waals surface area contributed by atoms with Gasteiger partial charge < -0.3 is 19.7 Å². The summed E-state index contributed by atoms with van der Waals surface area (Å²) in [5.74, 6) is 1.64. The summed E-state index contributed by atoms with van der Waals surface area (Å²) in [7, 11) is 7.59. The van der Waals surface area contributed by atoms with Crippen LogP contribution in [0.25, 0.3) is 0 Å². The minimum absolute atomic E-state index is 0.0352. The average molecular weight is 294 g/mol. The van der Waals surface area contributed by atoms with Gasteiger partial charge >= 0.3 is 0 Å². The van der Waals surface area contributed by atoms with E-state index in [9.17, 15) is 0 Å². The van der Waals surface area contributed by atoms with E-state index in [-0.39, 0.29) is 11.6 Å². The van der Waals surface area contributed by atoms with E-state index in [4.69, 9.17) is 9.47 Å². The molecule has 0 saturated carbocycles. The van der Waals surface area contributed by atoms with Crippen molar-refractivity contribution in [3.8, 4) is 11.5 Å². The summed E-state index contributed by atoms with van der Waals surface area (Å²) in [6.45, 7) is 7.64. The van der Waals surface area contributed by atoms with E-state index in [0.717, 1.165) is 24.5 Å². The summed E-state index contributed by atoms with van der Waals surface area (Å²) < 4.78 is 10.8. The molecular formula is C17H30N2O2. The van der Waals surface area contributed by atoms with Gasteiger partial charge in [0.05, 0.1) is 20.3 Å². The number of rotatable bonds is 8. The average Bonchev–Trinajstić information content (AvgIpc) is 2.46. The normalized spacial score (nSPS) is 13.3. The van der Waals surface area contributed by atoms with Crippen molar-refractivity contribution in [1.82, 2.24) is 10.2 Å². The number of likely N-dealkylation sites (N-methyl/N-ethyl adjacent to an activating group) is 1. The van der Waals surface area contributed by atoms with Crippen molar-refractivity contribution >= 4 is 0 Å². The number of hydrogen-bond acceptors (Lipinski definition) is 4. The van der Waals surface area contributed by atoms with Crippen LogP contribution < -0.4 is 14.8 Å². The van der Waals surface area contributed by atoms with Crippen molar-refractivity contribution in [2.75, 3.05) is 34.9 Å². The zero-order valence-corrected chi connectivity index (χ0v) is 14.5. The fraction of sp³-hybridized carbons (Fsp3) is 0.647. The van der Waals surface area contributed by atoms with Crippen LogP contribution in [-0.2, 0) is 0 Å². The largest absolute Gasteiger partial charge is 0.497 e. The van der Waals surface area contributed by atoms with Crippen molar-refractivity contribution in [3.63, 3.8) is 0 Å². The zero-order chi connectivity index (χ0) is 16.0. The third kappa shape index (κ3) is 4.35. The Balaban J connectivity index is 3.24.